The van der Waals surface area contributed by atoms with Gasteiger partial charge in [0.15, 0.2) is 5.82 Å². The van der Waals surface area contributed by atoms with Crippen LogP contribution in [-0.2, 0) is 24.2 Å². The average Bonchev–Trinajstić information content (AvgIpc) is 3.32. The molecule has 34 heavy (non-hydrogen) atoms. The average molecular weight is 459 g/mol. The van der Waals surface area contributed by atoms with Gasteiger partial charge >= 0.3 is 0 Å². The van der Waals surface area contributed by atoms with Crippen molar-refractivity contribution in [2.75, 3.05) is 0 Å². The highest BCUT2D eigenvalue weighted by molar-refractivity contribution is 5.95. The Hall–Kier alpha value is -4.20. The summed E-state index contributed by atoms with van der Waals surface area (Å²) in [6.45, 7) is 2.41. The Morgan fingerprint density at radius 3 is 2.53 bits per heavy atom. The summed E-state index contributed by atoms with van der Waals surface area (Å²) in [6.07, 6.45) is 2.09. The van der Waals surface area contributed by atoms with Crippen LogP contribution in [-0.4, -0.2) is 22.0 Å². The lowest BCUT2D eigenvalue weighted by Gasteiger charge is -2.09. The van der Waals surface area contributed by atoms with E-state index in [9.17, 15) is 9.59 Å². The summed E-state index contributed by atoms with van der Waals surface area (Å²) in [5.41, 5.74) is 6.18. The zero-order chi connectivity index (χ0) is 23.8. The number of ether oxygens (including phenoxy) is 1. The maximum atomic E-state index is 12.3. The summed E-state index contributed by atoms with van der Waals surface area (Å²) < 4.78 is 11.0. The van der Waals surface area contributed by atoms with Crippen LogP contribution >= 0.6 is 0 Å². The van der Waals surface area contributed by atoms with Gasteiger partial charge in [0.05, 0.1) is 0 Å². The zero-order valence-electron chi connectivity index (χ0n) is 18.9. The summed E-state index contributed by atoms with van der Waals surface area (Å²) in [7, 11) is 0. The molecule has 0 unspecified atom stereocenters. The van der Waals surface area contributed by atoms with Gasteiger partial charge in [-0.2, -0.15) is 4.98 Å². The first-order valence-corrected chi connectivity index (χ1v) is 11.2. The predicted molar refractivity (Wildman–Crippen MR) is 127 cm³/mol. The smallest absolute Gasteiger partial charge is 0.269 e. The second-order valence-corrected chi connectivity index (χ2v) is 7.85. The van der Waals surface area contributed by atoms with Crippen LogP contribution in [0.5, 0.6) is 5.75 Å². The summed E-state index contributed by atoms with van der Waals surface area (Å²) in [4.78, 5) is 28.5. The Morgan fingerprint density at radius 1 is 0.941 bits per heavy atom. The van der Waals surface area contributed by atoms with Crippen molar-refractivity contribution in [3.8, 4) is 5.75 Å². The summed E-state index contributed by atoms with van der Waals surface area (Å²) in [5, 5.41) is 6.13. The van der Waals surface area contributed by atoms with Crippen molar-refractivity contribution in [2.45, 2.75) is 39.2 Å². The number of carbonyl (C=O) groups excluding carboxylic acids is 2. The first kappa shape index (κ1) is 23.0. The van der Waals surface area contributed by atoms with Gasteiger partial charge in [0.2, 0.25) is 11.8 Å². The molecule has 0 atom stereocenters. The lowest BCUT2D eigenvalue weighted by molar-refractivity contribution is -0.121. The maximum Gasteiger partial charge on any atom is 0.269 e. The molecular weight excluding hydrogens is 432 g/mol. The lowest BCUT2D eigenvalue weighted by atomic mass is 10.1. The van der Waals surface area contributed by atoms with E-state index in [0.717, 1.165) is 34.9 Å². The number of hydrogen-bond donors (Lipinski definition) is 2. The Morgan fingerprint density at radius 2 is 1.74 bits per heavy atom. The maximum absolute atomic E-state index is 12.3. The van der Waals surface area contributed by atoms with Crippen molar-refractivity contribution in [3.05, 3.63) is 89.6 Å². The highest BCUT2D eigenvalue weighted by atomic mass is 16.5. The normalized spacial score (nSPS) is 10.7. The van der Waals surface area contributed by atoms with Gasteiger partial charge in [0, 0.05) is 24.8 Å². The number of nitrogens with zero attached hydrogens (tertiary/aromatic N) is 2. The second-order valence-electron chi connectivity index (χ2n) is 7.85. The van der Waals surface area contributed by atoms with E-state index in [2.05, 4.69) is 27.1 Å². The highest BCUT2D eigenvalue weighted by Crippen LogP contribution is 2.21. The number of benzene rings is 3. The number of rotatable bonds is 9. The number of amides is 2. The van der Waals surface area contributed by atoms with Crippen molar-refractivity contribution in [3.63, 3.8) is 0 Å². The van der Waals surface area contributed by atoms with Crippen LogP contribution in [0.1, 0.15) is 47.4 Å². The van der Waals surface area contributed by atoms with Gasteiger partial charge in [-0.1, -0.05) is 54.5 Å². The second kappa shape index (κ2) is 11.1. The Kier molecular flexibility index (Phi) is 7.49. The van der Waals surface area contributed by atoms with Gasteiger partial charge in [0.1, 0.15) is 12.4 Å². The third-order valence-corrected chi connectivity index (χ3v) is 5.21. The van der Waals surface area contributed by atoms with Crippen LogP contribution < -0.4 is 15.6 Å². The van der Waals surface area contributed by atoms with Crippen LogP contribution in [0.2, 0.25) is 0 Å². The SMILES string of the molecule is CCCc1noc(CCC(=O)NNC(=O)c2ccc(COc3ccc4ccccc4c3)cc2)n1. The van der Waals surface area contributed by atoms with Crippen molar-refractivity contribution >= 4 is 22.6 Å². The summed E-state index contributed by atoms with van der Waals surface area (Å²) in [5.74, 6) is 1.08. The minimum Gasteiger partial charge on any atom is -0.489 e. The first-order valence-electron chi connectivity index (χ1n) is 11.2. The standard InChI is InChI=1S/C26H26N4O4/c1-2-5-23-27-25(34-30-23)15-14-24(31)28-29-26(32)20-10-8-18(9-11-20)17-33-22-13-12-19-6-3-4-7-21(19)16-22/h3-4,6-13,16H,2,5,14-15,17H2,1H3,(H,28,31)(H,29,32). The molecule has 2 N–H and O–H groups in total. The van der Waals surface area contributed by atoms with Crippen molar-refractivity contribution < 1.29 is 18.8 Å². The predicted octanol–water partition coefficient (Wildman–Crippen LogP) is 4.15. The minimum atomic E-state index is -0.404. The fraction of sp³-hybridized carbons (Fsp3) is 0.231. The molecule has 174 valence electrons. The van der Waals surface area contributed by atoms with E-state index in [1.807, 2.05) is 55.5 Å². The fourth-order valence-corrected chi connectivity index (χ4v) is 3.37. The molecule has 0 spiro atoms. The molecule has 1 heterocycles. The molecule has 0 aliphatic carbocycles. The zero-order valence-corrected chi connectivity index (χ0v) is 18.9. The molecule has 8 heteroatoms. The molecule has 0 bridgehead atoms. The van der Waals surface area contributed by atoms with Crippen molar-refractivity contribution in [1.82, 2.24) is 21.0 Å². The van der Waals surface area contributed by atoms with E-state index in [0.29, 0.717) is 30.3 Å². The fourth-order valence-electron chi connectivity index (χ4n) is 3.37. The van der Waals surface area contributed by atoms with Crippen LogP contribution in [0, 0.1) is 0 Å². The van der Waals surface area contributed by atoms with E-state index in [4.69, 9.17) is 9.26 Å². The molecule has 0 aliphatic heterocycles. The molecule has 2 amide bonds. The van der Waals surface area contributed by atoms with Gasteiger partial charge in [0.25, 0.3) is 5.91 Å². The van der Waals surface area contributed by atoms with Gasteiger partial charge < -0.3 is 9.26 Å². The van der Waals surface area contributed by atoms with Crippen LogP contribution in [0.3, 0.4) is 0 Å². The van der Waals surface area contributed by atoms with Crippen LogP contribution in [0.25, 0.3) is 10.8 Å². The third kappa shape index (κ3) is 6.19. The molecule has 0 radical (unpaired) electrons. The molecular formula is C26H26N4O4. The monoisotopic (exact) mass is 458 g/mol. The van der Waals surface area contributed by atoms with Crippen molar-refractivity contribution in [1.29, 1.82) is 0 Å². The molecule has 0 fully saturated rings. The van der Waals surface area contributed by atoms with Gasteiger partial charge in [-0.3, -0.25) is 20.4 Å². The van der Waals surface area contributed by atoms with E-state index >= 15 is 0 Å². The number of carbonyl (C=O) groups is 2. The number of nitrogens with one attached hydrogen (secondary N) is 2. The topological polar surface area (TPSA) is 106 Å². The molecule has 8 nitrogen and oxygen atoms in total. The summed E-state index contributed by atoms with van der Waals surface area (Å²) in [6, 6.07) is 21.1. The number of aromatic nitrogens is 2. The Balaban J connectivity index is 1.21. The van der Waals surface area contributed by atoms with E-state index in [-0.39, 0.29) is 12.3 Å². The van der Waals surface area contributed by atoms with Gasteiger partial charge in [-0.15, -0.1) is 0 Å². The minimum absolute atomic E-state index is 0.124. The first-order chi connectivity index (χ1) is 16.6. The third-order valence-electron chi connectivity index (χ3n) is 5.21. The van der Waals surface area contributed by atoms with E-state index in [1.165, 1.54) is 0 Å². The molecule has 0 aliphatic rings. The largest absolute Gasteiger partial charge is 0.489 e. The van der Waals surface area contributed by atoms with Crippen LogP contribution in [0.4, 0.5) is 0 Å². The number of aryl methyl sites for hydroxylation is 2. The molecule has 3 aromatic carbocycles. The van der Waals surface area contributed by atoms with Crippen LogP contribution in [0.15, 0.2) is 71.3 Å². The van der Waals surface area contributed by atoms with E-state index in [1.54, 1.807) is 12.1 Å². The number of fused-ring (bicyclic) bond motifs is 1. The highest BCUT2D eigenvalue weighted by Gasteiger charge is 2.11. The lowest BCUT2D eigenvalue weighted by Crippen LogP contribution is -2.41. The van der Waals surface area contributed by atoms with Crippen molar-refractivity contribution in [2.24, 2.45) is 0 Å². The molecule has 4 rings (SSSR count). The quantitative estimate of drug-likeness (QED) is 0.365. The molecule has 0 saturated heterocycles. The Bertz CT molecular complexity index is 1270. The molecule has 0 saturated carbocycles. The molecule has 1 aromatic heterocycles. The summed E-state index contributed by atoms with van der Waals surface area (Å²) >= 11 is 0. The van der Waals surface area contributed by atoms with Gasteiger partial charge in [-0.05, 0) is 47.0 Å². The number of hydrazine groups is 1. The Labute approximate surface area is 197 Å². The van der Waals surface area contributed by atoms with E-state index < -0.39 is 5.91 Å². The van der Waals surface area contributed by atoms with Gasteiger partial charge in [-0.25, -0.2) is 0 Å². The molecule has 4 aromatic rings. The number of hydrogen-bond acceptors (Lipinski definition) is 6.